The van der Waals surface area contributed by atoms with Crippen LogP contribution in [0.3, 0.4) is 0 Å². The molecule has 1 atom stereocenters. The first-order valence-electron chi connectivity index (χ1n) is 9.40. The molecule has 11 heteroatoms. The molecule has 31 heavy (non-hydrogen) atoms. The molecule has 0 fully saturated rings. The number of nitrogens with one attached hydrogen (secondary N) is 1. The van der Waals surface area contributed by atoms with Gasteiger partial charge in [0.1, 0.15) is 16.9 Å². The predicted octanol–water partition coefficient (Wildman–Crippen LogP) is 5.09. The maximum absolute atomic E-state index is 13.4. The standard InChI is InChI=1S/C20H27F3N4O2S.HI/c1-6-24-19(27(3)11-15-12-30-18(26-15)13(2)28-4)25-10-14-7-8-16(29-5)9-17(14)20(21,22)23;/h7-9,12-13H,6,10-11H2,1-5H3,(H,24,25);1H. The van der Waals surface area contributed by atoms with E-state index in [4.69, 9.17) is 9.47 Å². The molecular formula is C20H28F3IN4O2S. The van der Waals surface area contributed by atoms with E-state index in [2.05, 4.69) is 15.3 Å². The Balaban J connectivity index is 0.00000480. The number of benzene rings is 1. The maximum Gasteiger partial charge on any atom is 0.416 e. The van der Waals surface area contributed by atoms with Crippen molar-refractivity contribution in [1.82, 2.24) is 15.2 Å². The monoisotopic (exact) mass is 572 g/mol. The summed E-state index contributed by atoms with van der Waals surface area (Å²) in [5.41, 5.74) is 0.172. The van der Waals surface area contributed by atoms with Crippen LogP contribution in [0.15, 0.2) is 28.6 Å². The molecule has 6 nitrogen and oxygen atoms in total. The predicted molar refractivity (Wildman–Crippen MR) is 127 cm³/mol. The number of halogens is 4. The van der Waals surface area contributed by atoms with E-state index in [1.54, 1.807) is 7.11 Å². The molecule has 2 aromatic rings. The minimum atomic E-state index is -4.49. The Bertz CT molecular complexity index is 861. The fraction of sp³-hybridized carbons (Fsp3) is 0.500. The lowest BCUT2D eigenvalue weighted by molar-refractivity contribution is -0.138. The third-order valence-corrected chi connectivity index (χ3v) is 5.44. The summed E-state index contributed by atoms with van der Waals surface area (Å²) in [5.74, 6) is 0.652. The van der Waals surface area contributed by atoms with Crippen molar-refractivity contribution in [2.75, 3.05) is 27.8 Å². The van der Waals surface area contributed by atoms with Crippen molar-refractivity contribution in [2.45, 2.75) is 39.2 Å². The number of alkyl halides is 3. The van der Waals surface area contributed by atoms with Gasteiger partial charge in [0.2, 0.25) is 0 Å². The van der Waals surface area contributed by atoms with Gasteiger partial charge in [-0.2, -0.15) is 13.2 Å². The second-order valence-corrected chi connectivity index (χ2v) is 7.49. The van der Waals surface area contributed by atoms with Crippen molar-refractivity contribution in [1.29, 1.82) is 0 Å². The van der Waals surface area contributed by atoms with Crippen LogP contribution in [0, 0.1) is 0 Å². The fourth-order valence-electron chi connectivity index (χ4n) is 2.71. The molecule has 2 rings (SSSR count). The summed E-state index contributed by atoms with van der Waals surface area (Å²) in [7, 11) is 4.78. The minimum Gasteiger partial charge on any atom is -0.497 e. The number of nitrogens with zero attached hydrogens (tertiary/aromatic N) is 3. The maximum atomic E-state index is 13.4. The van der Waals surface area contributed by atoms with Crippen LogP contribution in [0.4, 0.5) is 13.2 Å². The Hall–Kier alpha value is -1.60. The van der Waals surface area contributed by atoms with Gasteiger partial charge in [-0.3, -0.25) is 0 Å². The zero-order valence-corrected chi connectivity index (χ0v) is 21.3. The van der Waals surface area contributed by atoms with Crippen molar-refractivity contribution < 1.29 is 22.6 Å². The molecule has 1 N–H and O–H groups in total. The number of thiazole rings is 1. The van der Waals surface area contributed by atoms with Crippen LogP contribution >= 0.6 is 35.3 Å². The second kappa shape index (κ2) is 12.4. The minimum absolute atomic E-state index is 0. The van der Waals surface area contributed by atoms with Crippen molar-refractivity contribution in [3.05, 3.63) is 45.4 Å². The van der Waals surface area contributed by atoms with Crippen LogP contribution in [0.25, 0.3) is 0 Å². The third-order valence-electron chi connectivity index (χ3n) is 4.39. The Morgan fingerprint density at radius 1 is 1.32 bits per heavy atom. The third kappa shape index (κ3) is 7.79. The van der Waals surface area contributed by atoms with E-state index in [0.29, 0.717) is 19.0 Å². The molecule has 0 aliphatic rings. The van der Waals surface area contributed by atoms with Crippen LogP contribution in [-0.4, -0.2) is 43.7 Å². The number of rotatable bonds is 8. The quantitative estimate of drug-likeness (QED) is 0.271. The average molecular weight is 572 g/mol. The molecule has 0 aliphatic carbocycles. The molecule has 0 radical (unpaired) electrons. The highest BCUT2D eigenvalue weighted by molar-refractivity contribution is 14.0. The van der Waals surface area contributed by atoms with Crippen molar-refractivity contribution in [3.63, 3.8) is 0 Å². The number of aromatic nitrogens is 1. The molecule has 0 saturated carbocycles. The molecule has 0 spiro atoms. The average Bonchev–Trinajstić information content (AvgIpc) is 3.18. The molecule has 0 bridgehead atoms. The van der Waals surface area contributed by atoms with Gasteiger partial charge in [-0.1, -0.05) is 6.07 Å². The summed E-state index contributed by atoms with van der Waals surface area (Å²) in [4.78, 5) is 10.8. The van der Waals surface area contributed by atoms with Gasteiger partial charge in [0.25, 0.3) is 0 Å². The number of ether oxygens (including phenoxy) is 2. The Morgan fingerprint density at radius 2 is 2.03 bits per heavy atom. The van der Waals surface area contributed by atoms with E-state index < -0.39 is 11.7 Å². The Morgan fingerprint density at radius 3 is 2.61 bits per heavy atom. The van der Waals surface area contributed by atoms with Crippen molar-refractivity contribution >= 4 is 41.3 Å². The Kier molecular flexibility index (Phi) is 11.0. The molecule has 174 valence electrons. The zero-order chi connectivity index (χ0) is 22.3. The normalized spacial score (nSPS) is 12.8. The van der Waals surface area contributed by atoms with Gasteiger partial charge in [0, 0.05) is 26.1 Å². The van der Waals surface area contributed by atoms with E-state index in [1.165, 1.54) is 30.6 Å². The van der Waals surface area contributed by atoms with E-state index in [9.17, 15) is 13.2 Å². The number of hydrogen-bond acceptors (Lipinski definition) is 5. The molecule has 1 aromatic heterocycles. The lowest BCUT2D eigenvalue weighted by Crippen LogP contribution is -2.38. The topological polar surface area (TPSA) is 59.0 Å². The molecular weight excluding hydrogens is 544 g/mol. The van der Waals surface area contributed by atoms with Crippen LogP contribution in [-0.2, 0) is 24.0 Å². The first-order chi connectivity index (χ1) is 14.2. The number of guanidine groups is 1. The lowest BCUT2D eigenvalue weighted by Gasteiger charge is -2.21. The summed E-state index contributed by atoms with van der Waals surface area (Å²) in [6, 6.07) is 3.90. The molecule has 1 unspecified atom stereocenters. The first-order valence-corrected chi connectivity index (χ1v) is 10.3. The molecule has 1 aromatic carbocycles. The number of hydrogen-bond donors (Lipinski definition) is 1. The van der Waals surface area contributed by atoms with Gasteiger partial charge < -0.3 is 19.7 Å². The molecule has 0 aliphatic heterocycles. The summed E-state index contributed by atoms with van der Waals surface area (Å²) < 4.78 is 50.5. The summed E-state index contributed by atoms with van der Waals surface area (Å²) in [5, 5.41) is 5.93. The molecule has 0 amide bonds. The smallest absolute Gasteiger partial charge is 0.416 e. The van der Waals surface area contributed by atoms with Gasteiger partial charge >= 0.3 is 6.18 Å². The van der Waals surface area contributed by atoms with Crippen LogP contribution < -0.4 is 10.1 Å². The van der Waals surface area contributed by atoms with Crippen LogP contribution in [0.2, 0.25) is 0 Å². The van der Waals surface area contributed by atoms with Gasteiger partial charge in [-0.05, 0) is 31.5 Å². The largest absolute Gasteiger partial charge is 0.497 e. The highest BCUT2D eigenvalue weighted by Crippen LogP contribution is 2.34. The highest BCUT2D eigenvalue weighted by atomic mass is 127. The van der Waals surface area contributed by atoms with Gasteiger partial charge in [-0.15, -0.1) is 35.3 Å². The van der Waals surface area contributed by atoms with E-state index in [-0.39, 0.29) is 47.9 Å². The van der Waals surface area contributed by atoms with E-state index in [0.717, 1.165) is 16.8 Å². The van der Waals surface area contributed by atoms with Gasteiger partial charge in [-0.25, -0.2) is 9.98 Å². The van der Waals surface area contributed by atoms with Gasteiger partial charge in [0.05, 0.1) is 31.5 Å². The summed E-state index contributed by atoms with van der Waals surface area (Å²) >= 11 is 1.51. The van der Waals surface area contributed by atoms with E-state index in [1.807, 2.05) is 31.2 Å². The first kappa shape index (κ1) is 27.4. The molecule has 0 saturated heterocycles. The fourth-order valence-corrected chi connectivity index (χ4v) is 3.56. The number of methoxy groups -OCH3 is 2. The SMILES string of the molecule is CCNC(=NCc1ccc(OC)cc1C(F)(F)F)N(C)Cc1csc(C(C)OC)n1.I. The van der Waals surface area contributed by atoms with Crippen LogP contribution in [0.1, 0.15) is 41.8 Å². The summed E-state index contributed by atoms with van der Waals surface area (Å²) in [6.45, 7) is 4.76. The number of aliphatic imine (C=N–C) groups is 1. The van der Waals surface area contributed by atoms with Gasteiger partial charge in [0.15, 0.2) is 5.96 Å². The Labute approximate surface area is 201 Å². The van der Waals surface area contributed by atoms with E-state index >= 15 is 0 Å². The summed E-state index contributed by atoms with van der Waals surface area (Å²) in [6.07, 6.45) is -4.58. The van der Waals surface area contributed by atoms with Crippen LogP contribution in [0.5, 0.6) is 5.75 Å². The van der Waals surface area contributed by atoms with Crippen molar-refractivity contribution in [3.8, 4) is 5.75 Å². The lowest BCUT2D eigenvalue weighted by atomic mass is 10.1. The second-order valence-electron chi connectivity index (χ2n) is 6.60. The van der Waals surface area contributed by atoms with Crippen molar-refractivity contribution in [2.24, 2.45) is 4.99 Å². The highest BCUT2D eigenvalue weighted by Gasteiger charge is 2.33. The molecule has 1 heterocycles. The zero-order valence-electron chi connectivity index (χ0n) is 18.1.